The van der Waals surface area contributed by atoms with E-state index in [2.05, 4.69) is 5.43 Å². The van der Waals surface area contributed by atoms with E-state index in [1.165, 1.54) is 0 Å². The summed E-state index contributed by atoms with van der Waals surface area (Å²) < 4.78 is 0. The van der Waals surface area contributed by atoms with Crippen LogP contribution in [0.25, 0.3) is 0 Å². The molecule has 0 radical (unpaired) electrons. The number of nitrogens with two attached hydrogens (primary N) is 1. The van der Waals surface area contributed by atoms with E-state index < -0.39 is 5.54 Å². The van der Waals surface area contributed by atoms with Gasteiger partial charge >= 0.3 is 0 Å². The van der Waals surface area contributed by atoms with E-state index in [4.69, 9.17) is 17.4 Å². The predicted molar refractivity (Wildman–Crippen MR) is 82.0 cm³/mol. The van der Waals surface area contributed by atoms with Gasteiger partial charge in [0.1, 0.15) is 5.54 Å². The van der Waals surface area contributed by atoms with Crippen LogP contribution in [0.5, 0.6) is 0 Å². The molecule has 7 heteroatoms. The Morgan fingerprint density at radius 1 is 1.38 bits per heavy atom. The van der Waals surface area contributed by atoms with Crippen LogP contribution in [0.15, 0.2) is 18.2 Å². The Kier molecular flexibility index (Phi) is 4.11. The van der Waals surface area contributed by atoms with Crippen LogP contribution in [0.3, 0.4) is 0 Å². The SMILES string of the molecule is CN1CCN(C(=O)c2cc(Cl)ccc2NN)C(C)(C)C1=O. The lowest BCUT2D eigenvalue weighted by Crippen LogP contribution is -2.63. The lowest BCUT2D eigenvalue weighted by molar-refractivity contribution is -0.144. The molecule has 1 fully saturated rings. The largest absolute Gasteiger partial charge is 0.342 e. The smallest absolute Gasteiger partial charge is 0.256 e. The third kappa shape index (κ3) is 2.69. The highest BCUT2D eigenvalue weighted by molar-refractivity contribution is 6.31. The van der Waals surface area contributed by atoms with Crippen LogP contribution in [0.1, 0.15) is 24.2 Å². The number of anilines is 1. The molecule has 1 aromatic carbocycles. The molecule has 3 N–H and O–H groups in total. The number of hydrazine groups is 1. The second-order valence-electron chi connectivity index (χ2n) is 5.58. The van der Waals surface area contributed by atoms with Gasteiger partial charge in [-0.15, -0.1) is 0 Å². The molecule has 21 heavy (non-hydrogen) atoms. The quantitative estimate of drug-likeness (QED) is 0.638. The van der Waals surface area contributed by atoms with E-state index in [1.54, 1.807) is 48.9 Å². The maximum atomic E-state index is 12.8. The molecule has 0 unspecified atom stereocenters. The average Bonchev–Trinajstić information content (AvgIpc) is 2.44. The third-order valence-electron chi connectivity index (χ3n) is 3.82. The van der Waals surface area contributed by atoms with Gasteiger partial charge in [0.05, 0.1) is 11.3 Å². The monoisotopic (exact) mass is 310 g/mol. The number of nitrogens with zero attached hydrogens (tertiary/aromatic N) is 2. The number of carbonyl (C=O) groups excluding carboxylic acids is 2. The van der Waals surface area contributed by atoms with Crippen molar-refractivity contribution in [3.05, 3.63) is 28.8 Å². The van der Waals surface area contributed by atoms with Gasteiger partial charge in [-0.05, 0) is 32.0 Å². The molecule has 0 spiro atoms. The lowest BCUT2D eigenvalue weighted by atomic mass is 9.96. The molecule has 0 atom stereocenters. The molecule has 1 aliphatic heterocycles. The van der Waals surface area contributed by atoms with E-state index in [9.17, 15) is 9.59 Å². The van der Waals surface area contributed by atoms with Crippen molar-refractivity contribution in [3.8, 4) is 0 Å². The highest BCUT2D eigenvalue weighted by atomic mass is 35.5. The highest BCUT2D eigenvalue weighted by Crippen LogP contribution is 2.27. The van der Waals surface area contributed by atoms with Gasteiger partial charge in [0, 0.05) is 25.2 Å². The number of halogens is 1. The van der Waals surface area contributed by atoms with Crippen molar-refractivity contribution in [2.24, 2.45) is 5.84 Å². The molecular weight excluding hydrogens is 292 g/mol. The Morgan fingerprint density at radius 2 is 2.05 bits per heavy atom. The average molecular weight is 311 g/mol. The summed E-state index contributed by atoms with van der Waals surface area (Å²) >= 11 is 5.97. The summed E-state index contributed by atoms with van der Waals surface area (Å²) in [6.07, 6.45) is 0. The second kappa shape index (κ2) is 5.54. The fourth-order valence-electron chi connectivity index (χ4n) is 2.53. The molecule has 0 saturated carbocycles. The summed E-state index contributed by atoms with van der Waals surface area (Å²) in [5, 5.41) is 0.440. The van der Waals surface area contributed by atoms with Crippen LogP contribution < -0.4 is 11.3 Å². The molecule has 1 aliphatic rings. The number of carbonyl (C=O) groups is 2. The van der Waals surface area contributed by atoms with Crippen molar-refractivity contribution < 1.29 is 9.59 Å². The normalized spacial score (nSPS) is 17.9. The third-order valence-corrected chi connectivity index (χ3v) is 4.05. The van der Waals surface area contributed by atoms with Gasteiger partial charge in [-0.2, -0.15) is 0 Å². The first kappa shape index (κ1) is 15.6. The standard InChI is InChI=1S/C14H19ClN4O2/c1-14(2)13(21)18(3)6-7-19(14)12(20)10-8-9(15)4-5-11(10)17-16/h4-5,8,17H,6-7,16H2,1-3H3. The van der Waals surface area contributed by atoms with E-state index in [-0.39, 0.29) is 11.8 Å². The second-order valence-corrected chi connectivity index (χ2v) is 6.01. The number of piperazine rings is 1. The first-order chi connectivity index (χ1) is 9.78. The van der Waals surface area contributed by atoms with Crippen molar-refractivity contribution >= 4 is 29.1 Å². The molecule has 114 valence electrons. The van der Waals surface area contributed by atoms with Crippen LogP contribution >= 0.6 is 11.6 Å². The van der Waals surface area contributed by atoms with Crippen LogP contribution in [0, 0.1) is 0 Å². The van der Waals surface area contributed by atoms with Gasteiger partial charge in [0.25, 0.3) is 5.91 Å². The van der Waals surface area contributed by atoms with Crippen LogP contribution in [-0.4, -0.2) is 47.3 Å². The molecule has 2 rings (SSSR count). The molecule has 0 aliphatic carbocycles. The van der Waals surface area contributed by atoms with Gasteiger partial charge in [-0.3, -0.25) is 15.4 Å². The molecule has 1 saturated heterocycles. The minimum absolute atomic E-state index is 0.0913. The number of amides is 2. The fourth-order valence-corrected chi connectivity index (χ4v) is 2.71. The predicted octanol–water partition coefficient (Wildman–Crippen LogP) is 1.32. The number of benzene rings is 1. The number of hydrogen-bond donors (Lipinski definition) is 2. The van der Waals surface area contributed by atoms with Crippen molar-refractivity contribution in [1.82, 2.24) is 9.80 Å². The Morgan fingerprint density at radius 3 is 2.67 bits per heavy atom. The Bertz CT molecular complexity index is 588. The van der Waals surface area contributed by atoms with Gasteiger partial charge in [-0.1, -0.05) is 11.6 Å². The lowest BCUT2D eigenvalue weighted by Gasteiger charge is -2.44. The first-order valence-corrected chi connectivity index (χ1v) is 7.00. The van der Waals surface area contributed by atoms with E-state index in [1.807, 2.05) is 0 Å². The van der Waals surface area contributed by atoms with Crippen molar-refractivity contribution in [2.45, 2.75) is 19.4 Å². The zero-order valence-corrected chi connectivity index (χ0v) is 13.1. The Labute approximate surface area is 128 Å². The maximum absolute atomic E-state index is 12.8. The van der Waals surface area contributed by atoms with E-state index in [0.29, 0.717) is 29.4 Å². The van der Waals surface area contributed by atoms with E-state index >= 15 is 0 Å². The fraction of sp³-hybridized carbons (Fsp3) is 0.429. The van der Waals surface area contributed by atoms with Gasteiger partial charge in [0.2, 0.25) is 5.91 Å². The maximum Gasteiger partial charge on any atom is 0.256 e. The van der Waals surface area contributed by atoms with Crippen LogP contribution in [-0.2, 0) is 4.79 Å². The first-order valence-electron chi connectivity index (χ1n) is 6.62. The number of nitrogens with one attached hydrogen (secondary N) is 1. The Hall–Kier alpha value is -1.79. The van der Waals surface area contributed by atoms with Gasteiger partial charge < -0.3 is 15.2 Å². The number of nitrogen functional groups attached to an aromatic ring is 1. The van der Waals surface area contributed by atoms with Crippen molar-refractivity contribution in [3.63, 3.8) is 0 Å². The summed E-state index contributed by atoms with van der Waals surface area (Å²) in [4.78, 5) is 28.3. The molecule has 2 amide bonds. The molecule has 1 aromatic rings. The van der Waals surface area contributed by atoms with Crippen molar-refractivity contribution in [1.29, 1.82) is 0 Å². The molecule has 1 heterocycles. The number of rotatable bonds is 2. The highest BCUT2D eigenvalue weighted by Gasteiger charge is 2.43. The number of hydrogen-bond acceptors (Lipinski definition) is 4. The summed E-state index contributed by atoms with van der Waals surface area (Å²) in [6, 6.07) is 4.84. The topological polar surface area (TPSA) is 78.7 Å². The van der Waals surface area contributed by atoms with E-state index in [0.717, 1.165) is 0 Å². The summed E-state index contributed by atoms with van der Waals surface area (Å²) in [5.74, 6) is 5.09. The van der Waals surface area contributed by atoms with Crippen LogP contribution in [0.4, 0.5) is 5.69 Å². The number of likely N-dealkylation sites (N-methyl/N-ethyl adjacent to an activating group) is 1. The zero-order valence-electron chi connectivity index (χ0n) is 12.3. The minimum atomic E-state index is -0.904. The molecule has 6 nitrogen and oxygen atoms in total. The minimum Gasteiger partial charge on any atom is -0.342 e. The molecule has 0 aromatic heterocycles. The van der Waals surface area contributed by atoms with Crippen LogP contribution in [0.2, 0.25) is 5.02 Å². The molecular formula is C14H19ClN4O2. The summed E-state index contributed by atoms with van der Waals surface area (Å²) in [5.41, 5.74) is 2.42. The van der Waals surface area contributed by atoms with Gasteiger partial charge in [0.15, 0.2) is 0 Å². The van der Waals surface area contributed by atoms with Crippen molar-refractivity contribution in [2.75, 3.05) is 25.6 Å². The summed E-state index contributed by atoms with van der Waals surface area (Å²) in [7, 11) is 1.73. The zero-order chi connectivity index (χ0) is 15.8. The van der Waals surface area contributed by atoms with Gasteiger partial charge in [-0.25, -0.2) is 0 Å². The Balaban J connectivity index is 2.40. The molecule has 0 bridgehead atoms. The summed E-state index contributed by atoms with van der Waals surface area (Å²) in [6.45, 7) is 4.44.